The predicted molar refractivity (Wildman–Crippen MR) is 96.5 cm³/mol. The molecule has 0 saturated carbocycles. The normalized spacial score (nSPS) is 15.6. The Bertz CT molecular complexity index is 736. The SMILES string of the molecule is Cc1occc1C(=O)NC1CCN(CC(=O)NCc2cccnc2)CC1. The molecule has 0 atom stereocenters. The lowest BCUT2D eigenvalue weighted by atomic mass is 10.0. The molecule has 0 aromatic carbocycles. The number of carbonyl (C=O) groups excluding carboxylic acids is 2. The van der Waals surface area contributed by atoms with Crippen molar-refractivity contribution in [3.63, 3.8) is 0 Å². The van der Waals surface area contributed by atoms with Gasteiger partial charge in [-0.15, -0.1) is 0 Å². The maximum absolute atomic E-state index is 12.2. The number of amides is 2. The Hall–Kier alpha value is -2.67. The summed E-state index contributed by atoms with van der Waals surface area (Å²) in [5.41, 5.74) is 1.57. The maximum Gasteiger partial charge on any atom is 0.255 e. The number of nitrogens with one attached hydrogen (secondary N) is 2. The molecule has 1 aliphatic heterocycles. The Labute approximate surface area is 152 Å². The minimum absolute atomic E-state index is 0.00496. The molecule has 3 rings (SSSR count). The Morgan fingerprint density at radius 3 is 2.77 bits per heavy atom. The second kappa shape index (κ2) is 8.62. The highest BCUT2D eigenvalue weighted by Gasteiger charge is 2.23. The predicted octanol–water partition coefficient (Wildman–Crippen LogP) is 1.49. The third-order valence-corrected chi connectivity index (χ3v) is 4.61. The number of piperidine rings is 1. The lowest BCUT2D eigenvalue weighted by Crippen LogP contribution is -2.47. The van der Waals surface area contributed by atoms with Crippen molar-refractivity contribution < 1.29 is 14.0 Å². The van der Waals surface area contributed by atoms with Gasteiger partial charge in [0.05, 0.1) is 18.4 Å². The van der Waals surface area contributed by atoms with Crippen molar-refractivity contribution in [2.45, 2.75) is 32.4 Å². The van der Waals surface area contributed by atoms with E-state index < -0.39 is 0 Å². The zero-order valence-electron chi connectivity index (χ0n) is 14.9. The molecule has 1 saturated heterocycles. The van der Waals surface area contributed by atoms with Gasteiger partial charge in [-0.25, -0.2) is 0 Å². The van der Waals surface area contributed by atoms with Gasteiger partial charge in [-0.1, -0.05) is 6.07 Å². The summed E-state index contributed by atoms with van der Waals surface area (Å²) in [6.07, 6.45) is 6.65. The summed E-state index contributed by atoms with van der Waals surface area (Å²) in [7, 11) is 0. The average Bonchev–Trinajstić information content (AvgIpc) is 3.09. The van der Waals surface area contributed by atoms with E-state index >= 15 is 0 Å². The van der Waals surface area contributed by atoms with E-state index in [1.54, 1.807) is 25.4 Å². The van der Waals surface area contributed by atoms with Crippen LogP contribution in [0.4, 0.5) is 0 Å². The molecule has 26 heavy (non-hydrogen) atoms. The monoisotopic (exact) mass is 356 g/mol. The minimum atomic E-state index is -0.0936. The van der Waals surface area contributed by atoms with Crippen molar-refractivity contribution in [1.29, 1.82) is 0 Å². The van der Waals surface area contributed by atoms with Crippen LogP contribution in [-0.2, 0) is 11.3 Å². The van der Waals surface area contributed by atoms with E-state index in [1.807, 2.05) is 12.1 Å². The molecule has 3 heterocycles. The Balaban J connectivity index is 1.37. The number of aromatic nitrogens is 1. The molecule has 1 aliphatic rings. The number of aryl methyl sites for hydroxylation is 1. The number of nitrogens with zero attached hydrogens (tertiary/aromatic N) is 2. The fraction of sp³-hybridized carbons (Fsp3) is 0.421. The van der Waals surface area contributed by atoms with Gasteiger partial charge in [-0.3, -0.25) is 19.5 Å². The Morgan fingerprint density at radius 2 is 2.12 bits per heavy atom. The second-order valence-corrected chi connectivity index (χ2v) is 6.55. The molecule has 0 unspecified atom stereocenters. The van der Waals surface area contributed by atoms with E-state index in [4.69, 9.17) is 4.42 Å². The Kier molecular flexibility index (Phi) is 6.01. The summed E-state index contributed by atoms with van der Waals surface area (Å²) in [4.78, 5) is 30.5. The first-order chi connectivity index (χ1) is 12.6. The second-order valence-electron chi connectivity index (χ2n) is 6.55. The largest absolute Gasteiger partial charge is 0.469 e. The average molecular weight is 356 g/mol. The minimum Gasteiger partial charge on any atom is -0.469 e. The van der Waals surface area contributed by atoms with E-state index in [9.17, 15) is 9.59 Å². The van der Waals surface area contributed by atoms with Crippen LogP contribution in [0, 0.1) is 6.92 Å². The maximum atomic E-state index is 12.2. The molecule has 2 N–H and O–H groups in total. The van der Waals surface area contributed by atoms with Crippen LogP contribution in [-0.4, -0.2) is 47.4 Å². The fourth-order valence-corrected chi connectivity index (χ4v) is 3.08. The first-order valence-corrected chi connectivity index (χ1v) is 8.85. The first-order valence-electron chi connectivity index (χ1n) is 8.85. The van der Waals surface area contributed by atoms with Gasteiger partial charge < -0.3 is 15.1 Å². The summed E-state index contributed by atoms with van der Waals surface area (Å²) < 4.78 is 5.17. The molecule has 2 amide bonds. The molecule has 0 aliphatic carbocycles. The van der Waals surface area contributed by atoms with Crippen LogP contribution in [0.2, 0.25) is 0 Å². The summed E-state index contributed by atoms with van der Waals surface area (Å²) in [6, 6.07) is 5.60. The molecular formula is C19H24N4O3. The van der Waals surface area contributed by atoms with Crippen molar-refractivity contribution >= 4 is 11.8 Å². The number of carbonyl (C=O) groups is 2. The summed E-state index contributed by atoms with van der Waals surface area (Å²) >= 11 is 0. The quantitative estimate of drug-likeness (QED) is 0.819. The number of likely N-dealkylation sites (tertiary alicyclic amines) is 1. The molecule has 7 nitrogen and oxygen atoms in total. The van der Waals surface area contributed by atoms with Gasteiger partial charge in [0, 0.05) is 38.1 Å². The number of furan rings is 1. The van der Waals surface area contributed by atoms with Crippen LogP contribution < -0.4 is 10.6 Å². The van der Waals surface area contributed by atoms with E-state index in [0.29, 0.717) is 24.4 Å². The highest BCUT2D eigenvalue weighted by Crippen LogP contribution is 2.13. The summed E-state index contributed by atoms with van der Waals surface area (Å²) in [6.45, 7) is 4.22. The zero-order valence-corrected chi connectivity index (χ0v) is 14.9. The van der Waals surface area contributed by atoms with Crippen molar-refractivity contribution in [2.24, 2.45) is 0 Å². The third-order valence-electron chi connectivity index (χ3n) is 4.61. The van der Waals surface area contributed by atoms with Crippen LogP contribution in [0.25, 0.3) is 0 Å². The van der Waals surface area contributed by atoms with E-state index in [1.165, 1.54) is 6.26 Å². The summed E-state index contributed by atoms with van der Waals surface area (Å²) in [5.74, 6) is 0.541. The molecular weight excluding hydrogens is 332 g/mol. The van der Waals surface area contributed by atoms with E-state index in [0.717, 1.165) is 31.5 Å². The van der Waals surface area contributed by atoms with Gasteiger partial charge in [0.25, 0.3) is 5.91 Å². The lowest BCUT2D eigenvalue weighted by molar-refractivity contribution is -0.122. The van der Waals surface area contributed by atoms with Crippen molar-refractivity contribution in [3.8, 4) is 0 Å². The van der Waals surface area contributed by atoms with Crippen LogP contribution in [0.3, 0.4) is 0 Å². The summed E-state index contributed by atoms with van der Waals surface area (Å²) in [5, 5.41) is 5.96. The third kappa shape index (κ3) is 4.92. The van der Waals surface area contributed by atoms with Crippen molar-refractivity contribution in [3.05, 3.63) is 53.7 Å². The molecule has 2 aromatic rings. The molecule has 0 radical (unpaired) electrons. The topological polar surface area (TPSA) is 87.5 Å². The number of rotatable bonds is 6. The highest BCUT2D eigenvalue weighted by atomic mass is 16.3. The highest BCUT2D eigenvalue weighted by molar-refractivity contribution is 5.95. The molecule has 1 fully saturated rings. The van der Waals surface area contributed by atoms with Gasteiger partial charge in [0.1, 0.15) is 5.76 Å². The molecule has 138 valence electrons. The Morgan fingerprint density at radius 1 is 1.31 bits per heavy atom. The van der Waals surface area contributed by atoms with Gasteiger partial charge in [0.2, 0.25) is 5.91 Å². The van der Waals surface area contributed by atoms with Crippen LogP contribution in [0.15, 0.2) is 41.3 Å². The van der Waals surface area contributed by atoms with Gasteiger partial charge in [-0.2, -0.15) is 0 Å². The first kappa shape index (κ1) is 18.1. The zero-order chi connectivity index (χ0) is 18.4. The number of hydrogen-bond donors (Lipinski definition) is 2. The molecule has 7 heteroatoms. The van der Waals surface area contributed by atoms with E-state index in [2.05, 4.69) is 20.5 Å². The molecule has 2 aromatic heterocycles. The molecule has 0 bridgehead atoms. The van der Waals surface area contributed by atoms with E-state index in [-0.39, 0.29) is 17.9 Å². The van der Waals surface area contributed by atoms with Gasteiger partial charge in [-0.05, 0) is 37.5 Å². The van der Waals surface area contributed by atoms with Crippen molar-refractivity contribution in [1.82, 2.24) is 20.5 Å². The number of hydrogen-bond acceptors (Lipinski definition) is 5. The van der Waals surface area contributed by atoms with Crippen LogP contribution in [0.5, 0.6) is 0 Å². The molecule has 0 spiro atoms. The van der Waals surface area contributed by atoms with Crippen LogP contribution >= 0.6 is 0 Å². The van der Waals surface area contributed by atoms with Gasteiger partial charge in [0.15, 0.2) is 0 Å². The van der Waals surface area contributed by atoms with Gasteiger partial charge >= 0.3 is 0 Å². The number of pyridine rings is 1. The smallest absolute Gasteiger partial charge is 0.255 e. The fourth-order valence-electron chi connectivity index (χ4n) is 3.08. The van der Waals surface area contributed by atoms with Crippen molar-refractivity contribution in [2.75, 3.05) is 19.6 Å². The standard InChI is InChI=1S/C19H24N4O3/c1-14-17(6-10-26-14)19(25)22-16-4-8-23(9-5-16)13-18(24)21-12-15-3-2-7-20-11-15/h2-3,6-7,10-11,16H,4-5,8-9,12-13H2,1H3,(H,21,24)(H,22,25). The van der Waals surface area contributed by atoms with Crippen LogP contribution in [0.1, 0.15) is 34.5 Å². The lowest BCUT2D eigenvalue weighted by Gasteiger charge is -2.31.